The molecule has 1 fully saturated rings. The lowest BCUT2D eigenvalue weighted by atomic mass is 9.99. The molecular formula is C12H15Cl2N3O3S. The highest BCUT2D eigenvalue weighted by Crippen LogP contribution is 2.28. The minimum atomic E-state index is -3.68. The van der Waals surface area contributed by atoms with Gasteiger partial charge in [-0.05, 0) is 31.0 Å². The summed E-state index contributed by atoms with van der Waals surface area (Å²) in [6.45, 7) is 0.566. The summed E-state index contributed by atoms with van der Waals surface area (Å²) in [5.74, 6) is -0.245. The number of hydrogen-bond acceptors (Lipinski definition) is 4. The zero-order chi connectivity index (χ0) is 15.6. The highest BCUT2D eigenvalue weighted by molar-refractivity contribution is 7.89. The smallest absolute Gasteiger partial charge is 0.243 e. The average Bonchev–Trinajstić information content (AvgIpc) is 2.49. The van der Waals surface area contributed by atoms with Gasteiger partial charge in [0.05, 0.1) is 14.9 Å². The minimum absolute atomic E-state index is 0.0454. The van der Waals surface area contributed by atoms with Crippen LogP contribution in [0.25, 0.3) is 0 Å². The number of benzene rings is 1. The summed E-state index contributed by atoms with van der Waals surface area (Å²) in [7, 11) is -3.68. The molecule has 1 heterocycles. The molecule has 2 rings (SSSR count). The molecule has 0 bridgehead atoms. The first-order valence-corrected chi connectivity index (χ1v) is 8.48. The number of nitrogens with zero attached hydrogens (tertiary/aromatic N) is 2. The minimum Gasteiger partial charge on any atom is -0.409 e. The molecule has 0 saturated carbocycles. The third-order valence-corrected chi connectivity index (χ3v) is 6.05. The van der Waals surface area contributed by atoms with Gasteiger partial charge in [-0.2, -0.15) is 4.31 Å². The van der Waals surface area contributed by atoms with Crippen LogP contribution in [0.3, 0.4) is 0 Å². The van der Waals surface area contributed by atoms with E-state index in [4.69, 9.17) is 34.1 Å². The highest BCUT2D eigenvalue weighted by Gasteiger charge is 2.32. The fourth-order valence-corrected chi connectivity index (χ4v) is 4.18. The molecule has 0 radical (unpaired) electrons. The molecule has 0 aliphatic carbocycles. The summed E-state index contributed by atoms with van der Waals surface area (Å²) in [6, 6.07) is 4.19. The fraction of sp³-hybridized carbons (Fsp3) is 0.417. The van der Waals surface area contributed by atoms with Gasteiger partial charge >= 0.3 is 0 Å². The third kappa shape index (κ3) is 3.42. The van der Waals surface area contributed by atoms with Gasteiger partial charge in [-0.15, -0.1) is 0 Å². The van der Waals surface area contributed by atoms with Gasteiger partial charge < -0.3 is 10.9 Å². The lowest BCUT2D eigenvalue weighted by Crippen LogP contribution is -2.44. The van der Waals surface area contributed by atoms with Crippen LogP contribution < -0.4 is 5.73 Å². The van der Waals surface area contributed by atoms with Crippen LogP contribution in [-0.4, -0.2) is 36.9 Å². The molecule has 0 aromatic heterocycles. The van der Waals surface area contributed by atoms with Crippen molar-refractivity contribution in [1.29, 1.82) is 0 Å². The summed E-state index contributed by atoms with van der Waals surface area (Å²) < 4.78 is 26.5. The van der Waals surface area contributed by atoms with Crippen molar-refractivity contribution in [2.45, 2.75) is 17.7 Å². The van der Waals surface area contributed by atoms with E-state index in [1.807, 2.05) is 0 Å². The van der Waals surface area contributed by atoms with Gasteiger partial charge in [0.2, 0.25) is 10.0 Å². The van der Waals surface area contributed by atoms with Gasteiger partial charge in [0, 0.05) is 19.0 Å². The fourth-order valence-electron chi connectivity index (χ4n) is 2.27. The maximum absolute atomic E-state index is 12.6. The monoisotopic (exact) mass is 351 g/mol. The molecule has 0 spiro atoms. The van der Waals surface area contributed by atoms with E-state index in [0.29, 0.717) is 24.4 Å². The Morgan fingerprint density at radius 1 is 1.38 bits per heavy atom. The van der Waals surface area contributed by atoms with Crippen molar-refractivity contribution < 1.29 is 13.6 Å². The lowest BCUT2D eigenvalue weighted by Gasteiger charge is -2.31. The van der Waals surface area contributed by atoms with E-state index in [-0.39, 0.29) is 28.2 Å². The maximum atomic E-state index is 12.6. The van der Waals surface area contributed by atoms with E-state index in [1.54, 1.807) is 0 Å². The van der Waals surface area contributed by atoms with Crippen molar-refractivity contribution in [2.75, 3.05) is 13.1 Å². The maximum Gasteiger partial charge on any atom is 0.243 e. The molecule has 116 valence electrons. The molecule has 1 aliphatic heterocycles. The molecule has 1 aromatic carbocycles. The normalized spacial score (nSPS) is 21.4. The Balaban J connectivity index is 2.28. The van der Waals surface area contributed by atoms with E-state index in [1.165, 1.54) is 22.5 Å². The van der Waals surface area contributed by atoms with Crippen molar-refractivity contribution in [2.24, 2.45) is 16.8 Å². The van der Waals surface area contributed by atoms with Gasteiger partial charge in [0.15, 0.2) is 0 Å². The van der Waals surface area contributed by atoms with Gasteiger partial charge in [0.25, 0.3) is 0 Å². The van der Waals surface area contributed by atoms with E-state index in [9.17, 15) is 8.42 Å². The summed E-state index contributed by atoms with van der Waals surface area (Å²) >= 11 is 11.7. The molecule has 9 heteroatoms. The number of piperidine rings is 1. The Labute approximate surface area is 133 Å². The quantitative estimate of drug-likeness (QED) is 0.377. The van der Waals surface area contributed by atoms with Gasteiger partial charge in [-0.25, -0.2) is 8.42 Å². The zero-order valence-electron chi connectivity index (χ0n) is 11.0. The van der Waals surface area contributed by atoms with E-state index in [0.717, 1.165) is 0 Å². The molecule has 3 N–H and O–H groups in total. The Bertz CT molecular complexity index is 664. The van der Waals surface area contributed by atoms with Crippen molar-refractivity contribution in [3.05, 3.63) is 28.2 Å². The van der Waals surface area contributed by atoms with Crippen LogP contribution in [0.4, 0.5) is 0 Å². The molecule has 1 aliphatic rings. The van der Waals surface area contributed by atoms with Crippen molar-refractivity contribution in [3.8, 4) is 0 Å². The van der Waals surface area contributed by atoms with Crippen LogP contribution >= 0.6 is 23.2 Å². The molecule has 1 saturated heterocycles. The van der Waals surface area contributed by atoms with Crippen molar-refractivity contribution in [3.63, 3.8) is 0 Å². The number of hydrogen-bond donors (Lipinski definition) is 2. The predicted octanol–water partition coefficient (Wildman–Crippen LogP) is 2.14. The molecule has 21 heavy (non-hydrogen) atoms. The molecule has 1 atom stereocenters. The molecule has 0 amide bonds. The summed E-state index contributed by atoms with van der Waals surface area (Å²) in [5, 5.41) is 12.2. The number of rotatable bonds is 3. The van der Waals surface area contributed by atoms with Crippen LogP contribution in [0.1, 0.15) is 12.8 Å². The standard InChI is InChI=1S/C12H15Cl2N3O3S/c13-10-4-3-9(6-11(10)14)21(19,20)17-5-1-2-8(7-17)12(15)16-18/h3-4,6,8,18H,1-2,5,7H2,(H2,15,16). The predicted molar refractivity (Wildman–Crippen MR) is 81.4 cm³/mol. The van der Waals surface area contributed by atoms with Gasteiger partial charge in [-0.3, -0.25) is 0 Å². The lowest BCUT2D eigenvalue weighted by molar-refractivity contribution is 0.287. The number of sulfonamides is 1. The second-order valence-electron chi connectivity index (χ2n) is 4.80. The average molecular weight is 352 g/mol. The van der Waals surface area contributed by atoms with E-state index in [2.05, 4.69) is 5.16 Å². The first-order valence-electron chi connectivity index (χ1n) is 6.29. The molecule has 6 nitrogen and oxygen atoms in total. The zero-order valence-corrected chi connectivity index (χ0v) is 13.4. The number of nitrogens with two attached hydrogens (primary N) is 1. The Morgan fingerprint density at radius 3 is 2.71 bits per heavy atom. The topological polar surface area (TPSA) is 96.0 Å². The highest BCUT2D eigenvalue weighted by atomic mass is 35.5. The van der Waals surface area contributed by atoms with Crippen LogP contribution in [-0.2, 0) is 10.0 Å². The largest absolute Gasteiger partial charge is 0.409 e. The Morgan fingerprint density at radius 2 is 2.10 bits per heavy atom. The van der Waals surface area contributed by atoms with Gasteiger partial charge in [-0.1, -0.05) is 28.4 Å². The summed E-state index contributed by atoms with van der Waals surface area (Å²) in [6.07, 6.45) is 1.32. The first kappa shape index (κ1) is 16.4. The summed E-state index contributed by atoms with van der Waals surface area (Å²) in [4.78, 5) is 0.0806. The van der Waals surface area contributed by atoms with E-state index >= 15 is 0 Å². The Kier molecular flexibility index (Phi) is 4.98. The number of halogens is 2. The van der Waals surface area contributed by atoms with Crippen LogP contribution in [0, 0.1) is 5.92 Å². The SMILES string of the molecule is NC(=NO)C1CCCN(S(=O)(=O)c2ccc(Cl)c(Cl)c2)C1. The number of oxime groups is 1. The van der Waals surface area contributed by atoms with Crippen molar-refractivity contribution >= 4 is 39.1 Å². The second-order valence-corrected chi connectivity index (χ2v) is 7.56. The van der Waals surface area contributed by atoms with Crippen LogP contribution in [0.15, 0.2) is 28.3 Å². The number of amidine groups is 1. The van der Waals surface area contributed by atoms with Crippen LogP contribution in [0.2, 0.25) is 10.0 Å². The van der Waals surface area contributed by atoms with Crippen LogP contribution in [0.5, 0.6) is 0 Å². The summed E-state index contributed by atoms with van der Waals surface area (Å²) in [5.41, 5.74) is 5.58. The van der Waals surface area contributed by atoms with Crippen molar-refractivity contribution in [1.82, 2.24) is 4.31 Å². The molecule has 1 aromatic rings. The third-order valence-electron chi connectivity index (χ3n) is 3.45. The first-order chi connectivity index (χ1) is 9.86. The molecular weight excluding hydrogens is 337 g/mol. The molecule has 1 unspecified atom stereocenters. The second kappa shape index (κ2) is 6.39. The van der Waals surface area contributed by atoms with Gasteiger partial charge in [0.1, 0.15) is 5.84 Å². The van der Waals surface area contributed by atoms with E-state index < -0.39 is 10.0 Å². The Hall–Kier alpha value is -1.02.